The van der Waals surface area contributed by atoms with Crippen LogP contribution in [0.3, 0.4) is 0 Å². The Morgan fingerprint density at radius 2 is 2.20 bits per heavy atom. The van der Waals surface area contributed by atoms with E-state index >= 15 is 0 Å². The molecule has 15 heavy (non-hydrogen) atoms. The highest BCUT2D eigenvalue weighted by molar-refractivity contribution is 9.10. The van der Waals surface area contributed by atoms with Crippen molar-refractivity contribution in [2.75, 3.05) is 23.3 Å². The molecule has 0 aliphatic heterocycles. The first-order valence-electron chi connectivity index (χ1n) is 3.91. The fourth-order valence-electron chi connectivity index (χ4n) is 0.816. The predicted molar refractivity (Wildman–Crippen MR) is 60.6 cm³/mol. The minimum Gasteiger partial charge on any atom is -0.368 e. The van der Waals surface area contributed by atoms with E-state index in [1.54, 1.807) is 0 Å². The van der Waals surface area contributed by atoms with Gasteiger partial charge in [-0.25, -0.2) is 18.5 Å². The number of rotatable bonds is 4. The third kappa shape index (κ3) is 4.40. The Morgan fingerprint density at radius 3 is 2.80 bits per heavy atom. The molecule has 0 aromatic carbocycles. The van der Waals surface area contributed by atoms with Crippen molar-refractivity contribution < 1.29 is 8.42 Å². The van der Waals surface area contributed by atoms with Gasteiger partial charge in [0.1, 0.15) is 5.82 Å². The molecule has 1 heterocycles. The Morgan fingerprint density at radius 1 is 1.53 bits per heavy atom. The molecule has 84 valence electrons. The van der Waals surface area contributed by atoms with Crippen LogP contribution in [-0.2, 0) is 10.0 Å². The molecule has 0 bridgehead atoms. The summed E-state index contributed by atoms with van der Waals surface area (Å²) in [4.78, 5) is 7.60. The summed E-state index contributed by atoms with van der Waals surface area (Å²) in [5.41, 5.74) is 5.36. The van der Waals surface area contributed by atoms with Gasteiger partial charge in [-0.1, -0.05) is 0 Å². The first-order valence-corrected chi connectivity index (χ1v) is 6.42. The highest BCUT2D eigenvalue weighted by Gasteiger charge is 2.05. The van der Waals surface area contributed by atoms with E-state index in [-0.39, 0.29) is 18.2 Å². The minimum atomic E-state index is -3.47. The molecule has 7 nitrogen and oxygen atoms in total. The Labute approximate surface area is 95.5 Å². The highest BCUT2D eigenvalue weighted by Crippen LogP contribution is 2.18. The molecule has 0 fully saturated rings. The average molecular weight is 296 g/mol. The fraction of sp³-hybridized carbons (Fsp3) is 0.333. The van der Waals surface area contributed by atoms with Gasteiger partial charge in [0, 0.05) is 12.7 Å². The quantitative estimate of drug-likeness (QED) is 0.689. The number of nitrogens with zero attached hydrogens (tertiary/aromatic N) is 2. The van der Waals surface area contributed by atoms with E-state index in [1.807, 2.05) is 0 Å². The maximum atomic E-state index is 10.6. The number of anilines is 2. The molecule has 0 aliphatic carbocycles. The van der Waals surface area contributed by atoms with Crippen molar-refractivity contribution in [3.05, 3.63) is 10.7 Å². The van der Waals surface area contributed by atoms with Crippen LogP contribution in [0.2, 0.25) is 0 Å². The van der Waals surface area contributed by atoms with Crippen LogP contribution in [0.15, 0.2) is 10.7 Å². The number of aromatic nitrogens is 2. The molecule has 1 aromatic heterocycles. The number of hydrogen-bond donors (Lipinski definition) is 3. The third-order valence-electron chi connectivity index (χ3n) is 1.44. The number of primary sulfonamides is 1. The molecule has 0 amide bonds. The van der Waals surface area contributed by atoms with Crippen LogP contribution in [0.4, 0.5) is 11.8 Å². The van der Waals surface area contributed by atoms with E-state index in [0.717, 1.165) is 0 Å². The molecule has 0 aliphatic rings. The van der Waals surface area contributed by atoms with Crippen LogP contribution in [0, 0.1) is 0 Å². The van der Waals surface area contributed by atoms with Gasteiger partial charge in [-0.3, -0.25) is 0 Å². The van der Waals surface area contributed by atoms with Crippen LogP contribution < -0.4 is 16.2 Å². The molecule has 5 N–H and O–H groups in total. The number of sulfonamides is 1. The van der Waals surface area contributed by atoms with Gasteiger partial charge in [-0.2, -0.15) is 4.98 Å². The van der Waals surface area contributed by atoms with Gasteiger partial charge < -0.3 is 11.1 Å². The lowest BCUT2D eigenvalue weighted by Crippen LogP contribution is -2.22. The van der Waals surface area contributed by atoms with Gasteiger partial charge in [0.05, 0.1) is 10.2 Å². The summed E-state index contributed by atoms with van der Waals surface area (Å²) < 4.78 is 21.9. The van der Waals surface area contributed by atoms with Crippen LogP contribution in [0.1, 0.15) is 0 Å². The molecule has 0 atom stereocenters. The van der Waals surface area contributed by atoms with E-state index in [2.05, 4.69) is 31.2 Å². The SMILES string of the molecule is Nc1ncc(Br)c(NCCS(N)(=O)=O)n1. The Balaban J connectivity index is 2.61. The van der Waals surface area contributed by atoms with Crippen molar-refractivity contribution in [1.29, 1.82) is 0 Å². The largest absolute Gasteiger partial charge is 0.368 e. The second-order valence-electron chi connectivity index (χ2n) is 2.72. The Bertz CT molecular complexity index is 449. The summed E-state index contributed by atoms with van der Waals surface area (Å²) in [6, 6.07) is 0. The summed E-state index contributed by atoms with van der Waals surface area (Å²) in [7, 11) is -3.47. The highest BCUT2D eigenvalue weighted by atomic mass is 79.9. The molecule has 0 spiro atoms. The Kier molecular flexibility index (Phi) is 3.83. The second kappa shape index (κ2) is 4.73. The number of nitrogens with one attached hydrogen (secondary N) is 1. The van der Waals surface area contributed by atoms with E-state index in [9.17, 15) is 8.42 Å². The number of hydrogen-bond acceptors (Lipinski definition) is 6. The molecule has 0 radical (unpaired) electrons. The van der Waals surface area contributed by atoms with Gasteiger partial charge >= 0.3 is 0 Å². The summed E-state index contributed by atoms with van der Waals surface area (Å²) in [5.74, 6) is 0.367. The lowest BCUT2D eigenvalue weighted by molar-refractivity contribution is 0.598. The van der Waals surface area contributed by atoms with Gasteiger partial charge in [-0.05, 0) is 15.9 Å². The van der Waals surface area contributed by atoms with E-state index < -0.39 is 10.0 Å². The van der Waals surface area contributed by atoms with Crippen LogP contribution in [-0.4, -0.2) is 30.7 Å². The molecular formula is C6H10BrN5O2S. The van der Waals surface area contributed by atoms with Crippen molar-refractivity contribution in [2.45, 2.75) is 0 Å². The molecule has 0 unspecified atom stereocenters. The zero-order valence-corrected chi connectivity index (χ0v) is 10.0. The van der Waals surface area contributed by atoms with Crippen molar-refractivity contribution >= 4 is 37.7 Å². The third-order valence-corrected chi connectivity index (χ3v) is 2.80. The number of nitrogen functional groups attached to an aromatic ring is 1. The predicted octanol–water partition coefficient (Wildman–Crippen LogP) is -0.478. The first kappa shape index (κ1) is 12.1. The molecule has 0 saturated heterocycles. The molecule has 1 aromatic rings. The summed E-state index contributed by atoms with van der Waals surface area (Å²) in [6.45, 7) is 0.161. The summed E-state index contributed by atoms with van der Waals surface area (Å²) in [6.07, 6.45) is 1.47. The normalized spacial score (nSPS) is 11.3. The van der Waals surface area contributed by atoms with Crippen molar-refractivity contribution in [1.82, 2.24) is 9.97 Å². The zero-order valence-electron chi connectivity index (χ0n) is 7.64. The van der Waals surface area contributed by atoms with Gasteiger partial charge in [0.25, 0.3) is 0 Å². The first-order chi connectivity index (χ1) is 6.88. The van der Waals surface area contributed by atoms with E-state index in [4.69, 9.17) is 10.9 Å². The molecule has 1 rings (SSSR count). The van der Waals surface area contributed by atoms with Gasteiger partial charge in [-0.15, -0.1) is 0 Å². The van der Waals surface area contributed by atoms with Crippen molar-refractivity contribution in [3.63, 3.8) is 0 Å². The van der Waals surface area contributed by atoms with Gasteiger partial charge in [0.2, 0.25) is 16.0 Å². The summed E-state index contributed by atoms with van der Waals surface area (Å²) >= 11 is 3.19. The van der Waals surface area contributed by atoms with Crippen molar-refractivity contribution in [3.8, 4) is 0 Å². The fourth-order valence-corrected chi connectivity index (χ4v) is 1.53. The average Bonchev–Trinajstić information content (AvgIpc) is 2.09. The minimum absolute atomic E-state index is 0.108. The molecular weight excluding hydrogens is 286 g/mol. The molecule has 0 saturated carbocycles. The number of halogens is 1. The smallest absolute Gasteiger partial charge is 0.221 e. The Hall–Kier alpha value is -0.930. The van der Waals surface area contributed by atoms with E-state index in [1.165, 1.54) is 6.20 Å². The lowest BCUT2D eigenvalue weighted by atomic mass is 10.5. The maximum absolute atomic E-state index is 10.6. The standard InChI is InChI=1S/C6H10BrN5O2S/c7-4-3-11-6(8)12-5(4)10-1-2-15(9,13)14/h3H,1-2H2,(H2,9,13,14)(H3,8,10,11,12). The zero-order chi connectivity index (χ0) is 11.5. The second-order valence-corrected chi connectivity index (χ2v) is 5.31. The van der Waals surface area contributed by atoms with Crippen LogP contribution in [0.5, 0.6) is 0 Å². The van der Waals surface area contributed by atoms with E-state index in [0.29, 0.717) is 10.3 Å². The molecule has 9 heteroatoms. The summed E-state index contributed by atoms with van der Waals surface area (Å²) in [5, 5.41) is 7.60. The maximum Gasteiger partial charge on any atom is 0.221 e. The lowest BCUT2D eigenvalue weighted by Gasteiger charge is -2.06. The number of nitrogens with two attached hydrogens (primary N) is 2. The monoisotopic (exact) mass is 295 g/mol. The topological polar surface area (TPSA) is 124 Å². The van der Waals surface area contributed by atoms with Gasteiger partial charge in [0.15, 0.2) is 0 Å². The van der Waals surface area contributed by atoms with Crippen molar-refractivity contribution in [2.24, 2.45) is 5.14 Å². The van der Waals surface area contributed by atoms with Crippen LogP contribution >= 0.6 is 15.9 Å². The van der Waals surface area contributed by atoms with Crippen LogP contribution in [0.25, 0.3) is 0 Å².